The van der Waals surface area contributed by atoms with Crippen LogP contribution in [0.5, 0.6) is 11.5 Å². The van der Waals surface area contributed by atoms with E-state index in [1.54, 1.807) is 18.2 Å². The highest BCUT2D eigenvalue weighted by atomic mass is 16.7. The lowest BCUT2D eigenvalue weighted by Crippen LogP contribution is -2.37. The Kier molecular flexibility index (Phi) is 4.78. The van der Waals surface area contributed by atoms with E-state index in [-0.39, 0.29) is 25.7 Å². The lowest BCUT2D eigenvalue weighted by atomic mass is 10.1. The average Bonchev–Trinajstić information content (AvgIpc) is 3.13. The van der Waals surface area contributed by atoms with Gasteiger partial charge < -0.3 is 20.1 Å². The quantitative estimate of drug-likeness (QED) is 0.748. The van der Waals surface area contributed by atoms with Crippen molar-refractivity contribution in [2.24, 2.45) is 5.92 Å². The maximum absolute atomic E-state index is 12.4. The maximum Gasteiger partial charge on any atom is 0.325 e. The number of ether oxygens (including phenoxy) is 2. The number of hydrogen-bond donors (Lipinski definition) is 2. The van der Waals surface area contributed by atoms with Gasteiger partial charge in [-0.1, -0.05) is 19.9 Å². The summed E-state index contributed by atoms with van der Waals surface area (Å²) in [5, 5.41) is 5.31. The number of nitrogens with zero attached hydrogens (tertiary/aromatic N) is 1. The molecule has 8 nitrogen and oxygen atoms in total. The van der Waals surface area contributed by atoms with Crippen molar-refractivity contribution < 1.29 is 23.9 Å². The van der Waals surface area contributed by atoms with Crippen molar-refractivity contribution in [3.05, 3.63) is 23.8 Å². The van der Waals surface area contributed by atoms with Crippen LogP contribution in [0.4, 0.5) is 4.79 Å². The predicted octanol–water partition coefficient (Wildman–Crippen LogP) is 0.998. The zero-order chi connectivity index (χ0) is 18.0. The van der Waals surface area contributed by atoms with Gasteiger partial charge in [0.2, 0.25) is 12.7 Å². The summed E-state index contributed by atoms with van der Waals surface area (Å²) in [6, 6.07) is 3.94. The van der Waals surface area contributed by atoms with Crippen molar-refractivity contribution in [1.82, 2.24) is 15.5 Å². The first kappa shape index (κ1) is 17.1. The number of amides is 4. The Morgan fingerprint density at radius 1 is 1.32 bits per heavy atom. The summed E-state index contributed by atoms with van der Waals surface area (Å²) in [6.07, 6.45) is -0.0606. The summed E-state index contributed by atoms with van der Waals surface area (Å²) in [7, 11) is 0. The van der Waals surface area contributed by atoms with Crippen molar-refractivity contribution in [3.8, 4) is 11.5 Å². The first-order chi connectivity index (χ1) is 11.9. The minimum absolute atomic E-state index is 0.0606. The van der Waals surface area contributed by atoms with Crippen LogP contribution in [-0.2, 0) is 16.1 Å². The molecule has 0 saturated carbocycles. The van der Waals surface area contributed by atoms with Crippen LogP contribution in [-0.4, -0.2) is 42.1 Å². The van der Waals surface area contributed by atoms with E-state index in [2.05, 4.69) is 10.6 Å². The Morgan fingerprint density at radius 3 is 2.84 bits per heavy atom. The van der Waals surface area contributed by atoms with Crippen LogP contribution >= 0.6 is 0 Å². The third-order valence-corrected chi connectivity index (χ3v) is 3.98. The fraction of sp³-hybridized carbons (Fsp3) is 0.471. The molecule has 1 saturated heterocycles. The molecule has 0 radical (unpaired) electrons. The molecule has 8 heteroatoms. The molecule has 0 aromatic heterocycles. The molecule has 2 heterocycles. The van der Waals surface area contributed by atoms with Gasteiger partial charge in [-0.3, -0.25) is 14.5 Å². The fourth-order valence-corrected chi connectivity index (χ4v) is 2.66. The van der Waals surface area contributed by atoms with E-state index in [1.807, 2.05) is 13.8 Å². The largest absolute Gasteiger partial charge is 0.454 e. The summed E-state index contributed by atoms with van der Waals surface area (Å²) in [5.74, 6) is 0.898. The standard InChI is InChI=1S/C17H21N3O5/c1-10(2)7-18-15(21)6-12-16(22)20(17(23)19-12)8-11-3-4-13-14(5-11)25-9-24-13/h3-5,10,12H,6-9H2,1-2H3,(H,18,21)(H,19,23)/t12-/m1/s1. The third kappa shape index (κ3) is 3.84. The predicted molar refractivity (Wildman–Crippen MR) is 87.9 cm³/mol. The number of benzene rings is 1. The summed E-state index contributed by atoms with van der Waals surface area (Å²) < 4.78 is 10.5. The summed E-state index contributed by atoms with van der Waals surface area (Å²) in [6.45, 7) is 4.78. The van der Waals surface area contributed by atoms with Gasteiger partial charge in [-0.2, -0.15) is 0 Å². The van der Waals surface area contributed by atoms with E-state index in [4.69, 9.17) is 9.47 Å². The van der Waals surface area contributed by atoms with Crippen molar-refractivity contribution in [1.29, 1.82) is 0 Å². The molecule has 4 amide bonds. The molecule has 2 aliphatic rings. The Hall–Kier alpha value is -2.77. The number of imide groups is 1. The highest BCUT2D eigenvalue weighted by molar-refractivity contribution is 6.05. The van der Waals surface area contributed by atoms with Gasteiger partial charge in [-0.05, 0) is 23.6 Å². The van der Waals surface area contributed by atoms with Crippen LogP contribution in [0, 0.1) is 5.92 Å². The van der Waals surface area contributed by atoms with Gasteiger partial charge >= 0.3 is 6.03 Å². The van der Waals surface area contributed by atoms with Gasteiger partial charge in [-0.25, -0.2) is 4.79 Å². The average molecular weight is 347 g/mol. The highest BCUT2D eigenvalue weighted by Crippen LogP contribution is 2.33. The monoisotopic (exact) mass is 347 g/mol. The van der Waals surface area contributed by atoms with E-state index in [9.17, 15) is 14.4 Å². The van der Waals surface area contributed by atoms with Crippen LogP contribution in [0.25, 0.3) is 0 Å². The molecule has 2 aliphatic heterocycles. The topological polar surface area (TPSA) is 97.0 Å². The van der Waals surface area contributed by atoms with Crippen LogP contribution in [0.2, 0.25) is 0 Å². The van der Waals surface area contributed by atoms with Gasteiger partial charge in [0.1, 0.15) is 6.04 Å². The SMILES string of the molecule is CC(C)CNC(=O)C[C@H]1NC(=O)N(Cc2ccc3c(c2)OCO3)C1=O. The van der Waals surface area contributed by atoms with Crippen LogP contribution < -0.4 is 20.1 Å². The first-order valence-corrected chi connectivity index (χ1v) is 8.21. The maximum atomic E-state index is 12.4. The Bertz CT molecular complexity index is 704. The minimum atomic E-state index is -0.825. The van der Waals surface area contributed by atoms with E-state index in [0.29, 0.717) is 24.0 Å². The molecule has 25 heavy (non-hydrogen) atoms. The van der Waals surface area contributed by atoms with Crippen molar-refractivity contribution in [3.63, 3.8) is 0 Å². The third-order valence-electron chi connectivity index (χ3n) is 3.98. The smallest absolute Gasteiger partial charge is 0.325 e. The van der Waals surface area contributed by atoms with Gasteiger partial charge in [0, 0.05) is 6.54 Å². The minimum Gasteiger partial charge on any atom is -0.454 e. The second-order valence-electron chi connectivity index (χ2n) is 6.52. The molecule has 1 aromatic carbocycles. The number of carbonyl (C=O) groups is 3. The van der Waals surface area contributed by atoms with E-state index in [1.165, 1.54) is 0 Å². The summed E-state index contributed by atoms with van der Waals surface area (Å²) >= 11 is 0. The fourth-order valence-electron chi connectivity index (χ4n) is 2.66. The molecule has 0 spiro atoms. The molecular weight excluding hydrogens is 326 g/mol. The lowest BCUT2D eigenvalue weighted by Gasteiger charge is -2.13. The Morgan fingerprint density at radius 2 is 2.08 bits per heavy atom. The van der Waals surface area contributed by atoms with Gasteiger partial charge in [-0.15, -0.1) is 0 Å². The molecule has 1 aromatic rings. The number of hydrogen-bond acceptors (Lipinski definition) is 5. The molecular formula is C17H21N3O5. The van der Waals surface area contributed by atoms with Crippen molar-refractivity contribution >= 4 is 17.8 Å². The number of carbonyl (C=O) groups excluding carboxylic acids is 3. The Balaban J connectivity index is 1.60. The second-order valence-corrected chi connectivity index (χ2v) is 6.52. The summed E-state index contributed by atoms with van der Waals surface area (Å²) in [4.78, 5) is 37.5. The number of urea groups is 1. The van der Waals surface area contributed by atoms with E-state index < -0.39 is 18.0 Å². The zero-order valence-corrected chi connectivity index (χ0v) is 14.2. The lowest BCUT2D eigenvalue weighted by molar-refractivity contribution is -0.131. The van der Waals surface area contributed by atoms with Gasteiger partial charge in [0.25, 0.3) is 5.91 Å². The molecule has 3 rings (SSSR count). The van der Waals surface area contributed by atoms with E-state index in [0.717, 1.165) is 10.5 Å². The molecule has 1 fully saturated rings. The number of nitrogens with one attached hydrogen (secondary N) is 2. The van der Waals surface area contributed by atoms with Gasteiger partial charge in [0.15, 0.2) is 11.5 Å². The van der Waals surface area contributed by atoms with Crippen LogP contribution in [0.1, 0.15) is 25.8 Å². The molecule has 0 aliphatic carbocycles. The highest BCUT2D eigenvalue weighted by Gasteiger charge is 2.39. The van der Waals surface area contributed by atoms with Crippen LogP contribution in [0.3, 0.4) is 0 Å². The zero-order valence-electron chi connectivity index (χ0n) is 14.2. The molecule has 0 bridgehead atoms. The Labute approximate surface area is 145 Å². The van der Waals surface area contributed by atoms with E-state index >= 15 is 0 Å². The molecule has 2 N–H and O–H groups in total. The number of rotatable bonds is 6. The van der Waals surface area contributed by atoms with Crippen molar-refractivity contribution in [2.75, 3.05) is 13.3 Å². The first-order valence-electron chi connectivity index (χ1n) is 8.21. The number of fused-ring (bicyclic) bond motifs is 1. The summed E-state index contributed by atoms with van der Waals surface area (Å²) in [5.41, 5.74) is 0.748. The van der Waals surface area contributed by atoms with Gasteiger partial charge in [0.05, 0.1) is 13.0 Å². The molecule has 0 unspecified atom stereocenters. The molecule has 1 atom stereocenters. The second kappa shape index (κ2) is 7.00. The van der Waals surface area contributed by atoms with Crippen molar-refractivity contribution in [2.45, 2.75) is 32.9 Å². The normalized spacial score (nSPS) is 18.7. The van der Waals surface area contributed by atoms with Crippen LogP contribution in [0.15, 0.2) is 18.2 Å². The molecule has 134 valence electrons.